The van der Waals surface area contributed by atoms with Gasteiger partial charge in [0.25, 0.3) is 0 Å². The molecule has 0 aromatic carbocycles. The minimum Gasteiger partial charge on any atom is -0.381 e. The molecule has 0 saturated carbocycles. The Hall–Kier alpha value is -2.16. The van der Waals surface area contributed by atoms with E-state index < -0.39 is 0 Å². The van der Waals surface area contributed by atoms with Gasteiger partial charge in [-0.15, -0.1) is 5.10 Å². The highest BCUT2D eigenvalue weighted by molar-refractivity contribution is 5.78. The lowest BCUT2D eigenvalue weighted by atomic mass is 10.1. The number of hydrogen-bond acceptors (Lipinski definition) is 5. The molecule has 1 N–H and O–H groups in total. The van der Waals surface area contributed by atoms with Crippen molar-refractivity contribution in [2.24, 2.45) is 0 Å². The van der Waals surface area contributed by atoms with Crippen LogP contribution in [0.4, 0.5) is 4.79 Å². The molecule has 0 radical (unpaired) electrons. The number of amides is 3. The lowest BCUT2D eigenvalue weighted by Crippen LogP contribution is -2.56. The molecular weight excluding hydrogens is 324 g/mol. The van der Waals surface area contributed by atoms with Gasteiger partial charge in [0, 0.05) is 45.3 Å². The summed E-state index contributed by atoms with van der Waals surface area (Å²) in [7, 11) is 0. The Bertz CT molecular complexity index is 636. The number of hydrogen-bond donors (Lipinski definition) is 1. The van der Waals surface area contributed by atoms with Gasteiger partial charge in [0.1, 0.15) is 5.69 Å². The molecule has 4 heterocycles. The number of carbonyl (C=O) groups excluding carboxylic acids is 2. The maximum absolute atomic E-state index is 12.2. The second-order valence-electron chi connectivity index (χ2n) is 7.00. The second kappa shape index (κ2) is 6.99. The first-order valence-electron chi connectivity index (χ1n) is 9.01. The number of rotatable bonds is 4. The fourth-order valence-electron chi connectivity index (χ4n) is 3.53. The van der Waals surface area contributed by atoms with E-state index in [-0.39, 0.29) is 24.0 Å². The third-order valence-electron chi connectivity index (χ3n) is 5.15. The van der Waals surface area contributed by atoms with Gasteiger partial charge in [0.15, 0.2) is 0 Å². The first-order valence-corrected chi connectivity index (χ1v) is 9.01. The number of urea groups is 1. The van der Waals surface area contributed by atoms with E-state index in [1.54, 1.807) is 4.90 Å². The minimum atomic E-state index is -0.00819. The van der Waals surface area contributed by atoms with Crippen LogP contribution in [0, 0.1) is 0 Å². The van der Waals surface area contributed by atoms with Crippen molar-refractivity contribution in [2.75, 3.05) is 32.8 Å². The number of carbonyl (C=O) groups is 2. The monoisotopic (exact) mass is 348 g/mol. The third-order valence-corrected chi connectivity index (χ3v) is 5.15. The normalized spacial score (nSPS) is 22.3. The maximum Gasteiger partial charge on any atom is 0.317 e. The molecule has 1 aromatic heterocycles. The standard InChI is InChI=1S/C16H24N6O3/c23-15-2-1-5-20(15)8-13-9-22(19-18-13)14-10-21(11-14)16(24)17-12-3-6-25-7-4-12/h9,12,14H,1-8,10-11H2,(H,17,24). The largest absolute Gasteiger partial charge is 0.381 e. The molecule has 3 saturated heterocycles. The Balaban J connectivity index is 1.24. The lowest BCUT2D eigenvalue weighted by Gasteiger charge is -2.39. The van der Waals surface area contributed by atoms with Gasteiger partial charge >= 0.3 is 6.03 Å². The van der Waals surface area contributed by atoms with E-state index in [0.29, 0.717) is 26.1 Å². The number of aromatic nitrogens is 3. The van der Waals surface area contributed by atoms with Gasteiger partial charge in [-0.3, -0.25) is 4.79 Å². The maximum atomic E-state index is 12.2. The van der Waals surface area contributed by atoms with Crippen molar-refractivity contribution in [2.45, 2.75) is 44.3 Å². The van der Waals surface area contributed by atoms with Crippen molar-refractivity contribution in [3.05, 3.63) is 11.9 Å². The molecule has 0 unspecified atom stereocenters. The molecule has 3 aliphatic rings. The summed E-state index contributed by atoms with van der Waals surface area (Å²) in [5, 5.41) is 11.4. The lowest BCUT2D eigenvalue weighted by molar-refractivity contribution is -0.128. The molecule has 0 bridgehead atoms. The van der Waals surface area contributed by atoms with Crippen LogP contribution in [0.5, 0.6) is 0 Å². The van der Waals surface area contributed by atoms with Crippen LogP contribution in [0.15, 0.2) is 6.20 Å². The van der Waals surface area contributed by atoms with Gasteiger partial charge in [-0.25, -0.2) is 9.48 Å². The Morgan fingerprint density at radius 1 is 1.32 bits per heavy atom. The molecular formula is C16H24N6O3. The van der Waals surface area contributed by atoms with Gasteiger partial charge in [-0.2, -0.15) is 0 Å². The minimum absolute atomic E-state index is 0.00819. The molecule has 4 rings (SSSR count). The van der Waals surface area contributed by atoms with Crippen molar-refractivity contribution in [1.82, 2.24) is 30.1 Å². The van der Waals surface area contributed by atoms with E-state index in [0.717, 1.165) is 44.7 Å². The zero-order valence-electron chi connectivity index (χ0n) is 14.3. The fraction of sp³-hybridized carbons (Fsp3) is 0.750. The predicted molar refractivity (Wildman–Crippen MR) is 87.7 cm³/mol. The van der Waals surface area contributed by atoms with Gasteiger partial charge in [-0.05, 0) is 19.3 Å². The summed E-state index contributed by atoms with van der Waals surface area (Å²) in [6, 6.07) is 0.374. The molecule has 3 aliphatic heterocycles. The first-order chi connectivity index (χ1) is 12.2. The summed E-state index contributed by atoms with van der Waals surface area (Å²) < 4.78 is 7.12. The highest BCUT2D eigenvalue weighted by Crippen LogP contribution is 2.21. The molecule has 25 heavy (non-hydrogen) atoms. The molecule has 3 amide bonds. The van der Waals surface area contributed by atoms with Crippen LogP contribution in [-0.4, -0.2) is 75.6 Å². The number of nitrogens with one attached hydrogen (secondary N) is 1. The summed E-state index contributed by atoms with van der Waals surface area (Å²) in [5.74, 6) is 0.189. The van der Waals surface area contributed by atoms with Crippen LogP contribution in [0.1, 0.15) is 37.4 Å². The highest BCUT2D eigenvalue weighted by atomic mass is 16.5. The molecule has 3 fully saturated rings. The first kappa shape index (κ1) is 16.3. The average Bonchev–Trinajstić information content (AvgIpc) is 3.17. The Kier molecular flexibility index (Phi) is 4.56. The number of nitrogens with zero attached hydrogens (tertiary/aromatic N) is 5. The summed E-state index contributed by atoms with van der Waals surface area (Å²) in [6.45, 7) is 4.04. The Morgan fingerprint density at radius 3 is 2.84 bits per heavy atom. The average molecular weight is 348 g/mol. The quantitative estimate of drug-likeness (QED) is 0.836. The molecule has 0 atom stereocenters. The Morgan fingerprint density at radius 2 is 2.12 bits per heavy atom. The molecule has 9 nitrogen and oxygen atoms in total. The molecule has 1 aromatic rings. The van der Waals surface area contributed by atoms with Crippen LogP contribution >= 0.6 is 0 Å². The summed E-state index contributed by atoms with van der Waals surface area (Å²) >= 11 is 0. The van der Waals surface area contributed by atoms with E-state index in [1.165, 1.54) is 0 Å². The van der Waals surface area contributed by atoms with Crippen molar-refractivity contribution in [1.29, 1.82) is 0 Å². The van der Waals surface area contributed by atoms with Crippen molar-refractivity contribution >= 4 is 11.9 Å². The van der Waals surface area contributed by atoms with Crippen molar-refractivity contribution < 1.29 is 14.3 Å². The van der Waals surface area contributed by atoms with E-state index in [9.17, 15) is 9.59 Å². The van der Waals surface area contributed by atoms with Gasteiger partial charge < -0.3 is 19.9 Å². The second-order valence-corrected chi connectivity index (χ2v) is 7.00. The molecule has 9 heteroatoms. The number of likely N-dealkylation sites (tertiary alicyclic amines) is 2. The third kappa shape index (κ3) is 3.60. The van der Waals surface area contributed by atoms with Crippen LogP contribution < -0.4 is 5.32 Å². The van der Waals surface area contributed by atoms with Crippen LogP contribution in [0.2, 0.25) is 0 Å². The van der Waals surface area contributed by atoms with Gasteiger partial charge in [0.2, 0.25) is 5.91 Å². The summed E-state index contributed by atoms with van der Waals surface area (Å²) in [4.78, 5) is 27.5. The summed E-state index contributed by atoms with van der Waals surface area (Å²) in [5.41, 5.74) is 0.806. The highest BCUT2D eigenvalue weighted by Gasteiger charge is 2.34. The van der Waals surface area contributed by atoms with Gasteiger partial charge in [0.05, 0.1) is 18.8 Å². The predicted octanol–water partition coefficient (Wildman–Crippen LogP) is 0.146. The van der Waals surface area contributed by atoms with Crippen LogP contribution in [0.25, 0.3) is 0 Å². The van der Waals surface area contributed by atoms with Crippen molar-refractivity contribution in [3.8, 4) is 0 Å². The van der Waals surface area contributed by atoms with Crippen molar-refractivity contribution in [3.63, 3.8) is 0 Å². The number of ether oxygens (including phenoxy) is 1. The van der Waals surface area contributed by atoms with E-state index in [4.69, 9.17) is 4.74 Å². The smallest absolute Gasteiger partial charge is 0.317 e. The van der Waals surface area contributed by atoms with Gasteiger partial charge in [-0.1, -0.05) is 5.21 Å². The van der Waals surface area contributed by atoms with E-state index >= 15 is 0 Å². The zero-order chi connectivity index (χ0) is 17.2. The van der Waals surface area contributed by atoms with E-state index in [2.05, 4.69) is 15.6 Å². The fourth-order valence-corrected chi connectivity index (χ4v) is 3.53. The van der Waals surface area contributed by atoms with Crippen LogP contribution in [0.3, 0.4) is 0 Å². The molecule has 0 aliphatic carbocycles. The van der Waals surface area contributed by atoms with Crippen LogP contribution in [-0.2, 0) is 16.1 Å². The molecule has 0 spiro atoms. The van der Waals surface area contributed by atoms with E-state index in [1.807, 2.05) is 15.8 Å². The summed E-state index contributed by atoms with van der Waals surface area (Å²) in [6.07, 6.45) is 5.21. The Labute approximate surface area is 146 Å². The zero-order valence-corrected chi connectivity index (χ0v) is 14.3. The topological polar surface area (TPSA) is 92.6 Å². The molecule has 136 valence electrons. The SMILES string of the molecule is O=C1CCCN1Cc1cn(C2CN(C(=O)NC3CCOCC3)C2)nn1.